The highest BCUT2D eigenvalue weighted by atomic mass is 32.2. The van der Waals surface area contributed by atoms with E-state index >= 15 is 0 Å². The summed E-state index contributed by atoms with van der Waals surface area (Å²) in [5.74, 6) is -2.41. The summed E-state index contributed by atoms with van der Waals surface area (Å²) in [6.45, 7) is 1.28. The second-order valence-corrected chi connectivity index (χ2v) is 6.57. The molecule has 0 radical (unpaired) electrons. The van der Waals surface area contributed by atoms with Gasteiger partial charge in [0.2, 0.25) is 10.0 Å². The molecule has 0 saturated heterocycles. The Morgan fingerprint density at radius 1 is 1.43 bits per heavy atom. The van der Waals surface area contributed by atoms with Gasteiger partial charge in [-0.2, -0.15) is 0 Å². The molecule has 1 rings (SSSR count). The van der Waals surface area contributed by atoms with Crippen molar-refractivity contribution in [3.8, 4) is 0 Å². The number of hydrogen-bond acceptors (Lipinski definition) is 5. The van der Waals surface area contributed by atoms with E-state index in [-0.39, 0.29) is 19.6 Å². The number of ether oxygens (including phenoxy) is 1. The van der Waals surface area contributed by atoms with Crippen LogP contribution in [-0.2, 0) is 14.8 Å². The average Bonchev–Trinajstić information content (AvgIpc) is 2.40. The molecule has 1 aromatic carbocycles. The van der Waals surface area contributed by atoms with Crippen LogP contribution in [0.4, 0.5) is 14.5 Å². The lowest BCUT2D eigenvalue weighted by atomic mass is 10.0. The fourth-order valence-corrected chi connectivity index (χ4v) is 2.75. The molecule has 1 aromatic rings. The molecule has 1 atom stereocenters. The first-order valence-electron chi connectivity index (χ1n) is 6.05. The van der Waals surface area contributed by atoms with E-state index in [0.717, 1.165) is 12.1 Å². The maximum absolute atomic E-state index is 13.7. The van der Waals surface area contributed by atoms with E-state index in [0.29, 0.717) is 0 Å². The van der Waals surface area contributed by atoms with Gasteiger partial charge < -0.3 is 15.6 Å². The van der Waals surface area contributed by atoms with Gasteiger partial charge in [0.1, 0.15) is 16.4 Å². The third-order valence-corrected chi connectivity index (χ3v) is 4.29. The molecule has 4 N–H and O–H groups in total. The molecule has 0 fully saturated rings. The smallest absolute Gasteiger partial charge is 0.243 e. The summed E-state index contributed by atoms with van der Waals surface area (Å²) in [5, 5.41) is 9.94. The first-order valence-corrected chi connectivity index (χ1v) is 7.53. The monoisotopic (exact) mass is 324 g/mol. The van der Waals surface area contributed by atoms with Crippen molar-refractivity contribution in [3.05, 3.63) is 23.8 Å². The highest BCUT2D eigenvalue weighted by molar-refractivity contribution is 7.89. The van der Waals surface area contributed by atoms with Gasteiger partial charge in [-0.05, 0) is 19.1 Å². The van der Waals surface area contributed by atoms with Crippen LogP contribution in [0.5, 0.6) is 0 Å². The van der Waals surface area contributed by atoms with E-state index < -0.39 is 37.8 Å². The topological polar surface area (TPSA) is 102 Å². The SMILES string of the molecule is COCCC(C)(O)CNS(=O)(=O)c1ccc(F)c(N)c1F. The molecular formula is C12H18F2N2O4S. The molecule has 0 aliphatic carbocycles. The zero-order valence-electron chi connectivity index (χ0n) is 11.7. The van der Waals surface area contributed by atoms with Crippen LogP contribution >= 0.6 is 0 Å². The molecule has 9 heteroatoms. The van der Waals surface area contributed by atoms with E-state index in [1.54, 1.807) is 0 Å². The standard InChI is InChI=1S/C12H18F2N2O4S/c1-12(17,5-6-20-2)7-16-21(18,19)9-4-3-8(13)11(15)10(9)14/h3-4,16-17H,5-7,15H2,1-2H3. The Morgan fingerprint density at radius 2 is 2.05 bits per heavy atom. The Balaban J connectivity index is 2.91. The van der Waals surface area contributed by atoms with Gasteiger partial charge in [-0.25, -0.2) is 21.9 Å². The predicted octanol–water partition coefficient (Wildman–Crippen LogP) is 0.613. The van der Waals surface area contributed by atoms with Gasteiger partial charge in [0.15, 0.2) is 5.82 Å². The first kappa shape index (κ1) is 17.8. The number of aliphatic hydroxyl groups is 1. The number of benzene rings is 1. The Labute approximate surface area is 122 Å². The maximum Gasteiger partial charge on any atom is 0.243 e. The van der Waals surface area contributed by atoms with Crippen molar-refractivity contribution < 1.29 is 27.0 Å². The van der Waals surface area contributed by atoms with Crippen molar-refractivity contribution in [2.24, 2.45) is 0 Å². The lowest BCUT2D eigenvalue weighted by molar-refractivity contribution is 0.0292. The molecule has 0 aliphatic heterocycles. The molecule has 120 valence electrons. The summed E-state index contributed by atoms with van der Waals surface area (Å²) in [6.07, 6.45) is 0.181. The van der Waals surface area contributed by atoms with Crippen LogP contribution in [0.15, 0.2) is 17.0 Å². The number of hydrogen-bond donors (Lipinski definition) is 3. The molecule has 0 amide bonds. The van der Waals surface area contributed by atoms with E-state index in [1.807, 2.05) is 0 Å². The number of nitrogen functional groups attached to an aromatic ring is 1. The van der Waals surface area contributed by atoms with Gasteiger partial charge in [0, 0.05) is 26.7 Å². The molecule has 21 heavy (non-hydrogen) atoms. The lowest BCUT2D eigenvalue weighted by Crippen LogP contribution is -2.41. The molecule has 0 aromatic heterocycles. The Kier molecular flexibility index (Phi) is 5.62. The largest absolute Gasteiger partial charge is 0.394 e. The summed E-state index contributed by atoms with van der Waals surface area (Å²) >= 11 is 0. The van der Waals surface area contributed by atoms with Crippen LogP contribution in [-0.4, -0.2) is 39.4 Å². The van der Waals surface area contributed by atoms with E-state index in [4.69, 9.17) is 10.5 Å². The van der Waals surface area contributed by atoms with Gasteiger partial charge in [-0.3, -0.25) is 0 Å². The highest BCUT2D eigenvalue weighted by Crippen LogP contribution is 2.22. The lowest BCUT2D eigenvalue weighted by Gasteiger charge is -2.23. The zero-order chi connectivity index (χ0) is 16.3. The summed E-state index contributed by atoms with van der Waals surface area (Å²) < 4.78 is 57.5. The summed E-state index contributed by atoms with van der Waals surface area (Å²) in [7, 11) is -2.82. The fraction of sp³-hybridized carbons (Fsp3) is 0.500. The molecule has 6 nitrogen and oxygen atoms in total. The normalized spacial score (nSPS) is 14.9. The van der Waals surface area contributed by atoms with E-state index in [1.165, 1.54) is 14.0 Å². The average molecular weight is 324 g/mol. The molecule has 0 saturated carbocycles. The predicted molar refractivity (Wildman–Crippen MR) is 73.1 cm³/mol. The zero-order valence-corrected chi connectivity index (χ0v) is 12.5. The summed E-state index contributed by atoms with van der Waals surface area (Å²) in [6, 6.07) is 1.53. The van der Waals surface area contributed by atoms with Crippen molar-refractivity contribution in [1.82, 2.24) is 4.72 Å². The van der Waals surface area contributed by atoms with Crippen LogP contribution < -0.4 is 10.5 Å². The second-order valence-electron chi connectivity index (χ2n) is 4.84. The van der Waals surface area contributed by atoms with Crippen molar-refractivity contribution in [1.29, 1.82) is 0 Å². The molecule has 0 bridgehead atoms. The van der Waals surface area contributed by atoms with Gasteiger partial charge >= 0.3 is 0 Å². The molecule has 0 spiro atoms. The third-order valence-electron chi connectivity index (χ3n) is 2.87. The number of sulfonamides is 1. The van der Waals surface area contributed by atoms with Crippen molar-refractivity contribution in [3.63, 3.8) is 0 Å². The fourth-order valence-electron chi connectivity index (χ4n) is 1.50. The third kappa shape index (κ3) is 4.60. The maximum atomic E-state index is 13.7. The van der Waals surface area contributed by atoms with Crippen LogP contribution in [0, 0.1) is 11.6 Å². The minimum absolute atomic E-state index is 0.181. The Hall–Kier alpha value is -1.29. The summed E-state index contributed by atoms with van der Waals surface area (Å²) in [5.41, 5.74) is 2.88. The minimum Gasteiger partial charge on any atom is -0.394 e. The van der Waals surface area contributed by atoms with Crippen LogP contribution in [0.25, 0.3) is 0 Å². The number of nitrogens with two attached hydrogens (primary N) is 1. The van der Waals surface area contributed by atoms with Crippen LogP contribution in [0.2, 0.25) is 0 Å². The Bertz CT molecular complexity index is 606. The molecular weight excluding hydrogens is 306 g/mol. The van der Waals surface area contributed by atoms with Crippen molar-refractivity contribution in [2.75, 3.05) is 26.0 Å². The quantitative estimate of drug-likeness (QED) is 0.638. The molecule has 1 unspecified atom stereocenters. The van der Waals surface area contributed by atoms with E-state index in [2.05, 4.69) is 4.72 Å². The number of rotatable bonds is 7. The van der Waals surface area contributed by atoms with Crippen molar-refractivity contribution >= 4 is 15.7 Å². The molecule has 0 aliphatic rings. The van der Waals surface area contributed by atoms with Crippen molar-refractivity contribution in [2.45, 2.75) is 23.8 Å². The van der Waals surface area contributed by atoms with Gasteiger partial charge in [-0.15, -0.1) is 0 Å². The number of anilines is 1. The van der Waals surface area contributed by atoms with Gasteiger partial charge in [0.05, 0.1) is 5.60 Å². The van der Waals surface area contributed by atoms with E-state index in [9.17, 15) is 22.3 Å². The number of nitrogens with one attached hydrogen (secondary N) is 1. The second kappa shape index (κ2) is 6.65. The molecule has 0 heterocycles. The van der Waals surface area contributed by atoms with Gasteiger partial charge in [0.25, 0.3) is 0 Å². The Morgan fingerprint density at radius 3 is 2.62 bits per heavy atom. The number of methoxy groups -OCH3 is 1. The highest BCUT2D eigenvalue weighted by Gasteiger charge is 2.27. The van der Waals surface area contributed by atoms with Gasteiger partial charge in [-0.1, -0.05) is 0 Å². The minimum atomic E-state index is -4.26. The number of halogens is 2. The summed E-state index contributed by atoms with van der Waals surface area (Å²) in [4.78, 5) is -0.774. The van der Waals surface area contributed by atoms with Crippen LogP contribution in [0.3, 0.4) is 0 Å². The van der Waals surface area contributed by atoms with Crippen LogP contribution in [0.1, 0.15) is 13.3 Å². The first-order chi connectivity index (χ1) is 9.60.